The highest BCUT2D eigenvalue weighted by atomic mass is 16.1. The fraction of sp³-hybridized carbons (Fsp3) is 0.429. The van der Waals surface area contributed by atoms with Crippen molar-refractivity contribution in [3.63, 3.8) is 0 Å². The Morgan fingerprint density at radius 2 is 2.00 bits per heavy atom. The van der Waals surface area contributed by atoms with Crippen LogP contribution < -0.4 is 10.6 Å². The minimum Gasteiger partial charge on any atom is -0.385 e. The molecule has 0 aliphatic heterocycles. The number of rotatable bonds is 7. The van der Waals surface area contributed by atoms with Gasteiger partial charge in [0.25, 0.3) is 0 Å². The summed E-state index contributed by atoms with van der Waals surface area (Å²) in [6.07, 6.45) is 1.79. The van der Waals surface area contributed by atoms with E-state index in [1.165, 1.54) is 0 Å². The molecule has 0 heterocycles. The highest BCUT2D eigenvalue weighted by molar-refractivity contribution is 5.83. The van der Waals surface area contributed by atoms with Gasteiger partial charge in [-0.05, 0) is 31.0 Å². The molecule has 1 unspecified atom stereocenters. The summed E-state index contributed by atoms with van der Waals surface area (Å²) in [5, 5.41) is 5.85. The molecule has 1 aromatic carbocycles. The van der Waals surface area contributed by atoms with Crippen molar-refractivity contribution in [2.24, 2.45) is 0 Å². The Hall–Kier alpha value is -1.84. The first-order valence-electron chi connectivity index (χ1n) is 6.22. The Bertz CT molecular complexity index is 387. The molecule has 0 spiro atoms. The molecule has 1 aromatic rings. The third-order valence-corrected chi connectivity index (χ3v) is 2.83. The van der Waals surface area contributed by atoms with Crippen LogP contribution in [0.3, 0.4) is 0 Å². The van der Waals surface area contributed by atoms with Gasteiger partial charge in [0, 0.05) is 25.7 Å². The number of nitrogens with one attached hydrogen (secondary N) is 2. The van der Waals surface area contributed by atoms with Crippen LogP contribution in [0.1, 0.15) is 31.2 Å². The average molecular weight is 248 g/mol. The monoisotopic (exact) mass is 248 g/mol. The van der Waals surface area contributed by atoms with Crippen LogP contribution in [0.5, 0.6) is 0 Å². The number of hydrogen-bond donors (Lipinski definition) is 2. The first kappa shape index (κ1) is 14.2. The maximum Gasteiger partial charge on any atom is 0.227 e. The predicted octanol–water partition coefficient (Wildman–Crippen LogP) is 1.93. The smallest absolute Gasteiger partial charge is 0.227 e. The van der Waals surface area contributed by atoms with Crippen LogP contribution in [0, 0.1) is 0 Å². The van der Waals surface area contributed by atoms with Crippen LogP contribution in [0.2, 0.25) is 0 Å². The zero-order valence-corrected chi connectivity index (χ0v) is 10.9. The zero-order chi connectivity index (χ0) is 13.4. The summed E-state index contributed by atoms with van der Waals surface area (Å²) in [6, 6.07) is 7.77. The first-order chi connectivity index (χ1) is 8.72. The Kier molecular flexibility index (Phi) is 5.91. The van der Waals surface area contributed by atoms with E-state index in [2.05, 4.69) is 10.6 Å². The minimum absolute atomic E-state index is 0.0481. The number of hydrogen-bond acceptors (Lipinski definition) is 3. The third-order valence-electron chi connectivity index (χ3n) is 2.83. The third kappa shape index (κ3) is 3.87. The molecule has 1 atom stereocenters. The number of anilines is 1. The van der Waals surface area contributed by atoms with Crippen LogP contribution in [0.15, 0.2) is 24.3 Å². The van der Waals surface area contributed by atoms with E-state index in [0.29, 0.717) is 12.8 Å². The Morgan fingerprint density at radius 3 is 2.50 bits per heavy atom. The first-order valence-corrected chi connectivity index (χ1v) is 6.22. The van der Waals surface area contributed by atoms with Crippen molar-refractivity contribution in [3.05, 3.63) is 29.8 Å². The largest absolute Gasteiger partial charge is 0.385 e. The molecule has 4 heteroatoms. The maximum absolute atomic E-state index is 11.8. The lowest BCUT2D eigenvalue weighted by atomic mass is 9.93. The summed E-state index contributed by atoms with van der Waals surface area (Å²) in [7, 11) is 1.61. The van der Waals surface area contributed by atoms with Crippen LogP contribution in [0.4, 0.5) is 5.69 Å². The number of aldehydes is 1. The number of benzene rings is 1. The lowest BCUT2D eigenvalue weighted by Crippen LogP contribution is -2.25. The van der Waals surface area contributed by atoms with E-state index in [0.717, 1.165) is 24.1 Å². The second kappa shape index (κ2) is 7.48. The normalized spacial score (nSPS) is 11.7. The van der Waals surface area contributed by atoms with Crippen molar-refractivity contribution < 1.29 is 9.59 Å². The highest BCUT2D eigenvalue weighted by Crippen LogP contribution is 2.22. The molecule has 0 saturated heterocycles. The Balaban J connectivity index is 2.83. The van der Waals surface area contributed by atoms with Gasteiger partial charge in [0.2, 0.25) is 5.91 Å². The van der Waals surface area contributed by atoms with Gasteiger partial charge in [0.15, 0.2) is 0 Å². The standard InChI is InChI=1S/C14H20N2O2/c1-3-16-12-8-6-11(7-9-12)13(5-4-10-17)14(18)15-2/h6-10,13,16H,3-5H2,1-2H3,(H,15,18). The molecular weight excluding hydrogens is 228 g/mol. The number of carbonyl (C=O) groups is 2. The molecule has 2 N–H and O–H groups in total. The highest BCUT2D eigenvalue weighted by Gasteiger charge is 2.18. The summed E-state index contributed by atoms with van der Waals surface area (Å²) in [4.78, 5) is 22.2. The predicted molar refractivity (Wildman–Crippen MR) is 72.7 cm³/mol. The molecule has 1 amide bonds. The summed E-state index contributed by atoms with van der Waals surface area (Å²) >= 11 is 0. The van der Waals surface area contributed by atoms with Gasteiger partial charge in [-0.15, -0.1) is 0 Å². The van der Waals surface area contributed by atoms with Gasteiger partial charge < -0.3 is 15.4 Å². The summed E-state index contributed by atoms with van der Waals surface area (Å²) in [6.45, 7) is 2.90. The second-order valence-electron chi connectivity index (χ2n) is 4.06. The topological polar surface area (TPSA) is 58.2 Å². The molecule has 0 aliphatic rings. The van der Waals surface area contributed by atoms with E-state index < -0.39 is 0 Å². The van der Waals surface area contributed by atoms with Gasteiger partial charge in [-0.2, -0.15) is 0 Å². The van der Waals surface area contributed by atoms with E-state index in [9.17, 15) is 9.59 Å². The van der Waals surface area contributed by atoms with Gasteiger partial charge in [-0.3, -0.25) is 4.79 Å². The summed E-state index contributed by atoms with van der Waals surface area (Å²) in [5.41, 5.74) is 1.98. The van der Waals surface area contributed by atoms with Crippen LogP contribution in [0.25, 0.3) is 0 Å². The molecule has 0 fully saturated rings. The van der Waals surface area contributed by atoms with Gasteiger partial charge in [-0.1, -0.05) is 12.1 Å². The Labute approximate surface area is 108 Å². The Morgan fingerprint density at radius 1 is 1.33 bits per heavy atom. The molecule has 0 aliphatic carbocycles. The fourth-order valence-electron chi connectivity index (χ4n) is 1.90. The van der Waals surface area contributed by atoms with E-state index in [4.69, 9.17) is 0 Å². The number of carbonyl (C=O) groups excluding carboxylic acids is 2. The van der Waals surface area contributed by atoms with E-state index in [1.54, 1.807) is 7.05 Å². The molecule has 18 heavy (non-hydrogen) atoms. The SMILES string of the molecule is CCNc1ccc(C(CCC=O)C(=O)NC)cc1. The van der Waals surface area contributed by atoms with Crippen molar-refractivity contribution in [2.45, 2.75) is 25.7 Å². The zero-order valence-electron chi connectivity index (χ0n) is 10.9. The van der Waals surface area contributed by atoms with Crippen LogP contribution in [-0.2, 0) is 9.59 Å². The summed E-state index contributed by atoms with van der Waals surface area (Å²) in [5.74, 6) is -0.302. The molecule has 0 saturated carbocycles. The van der Waals surface area contributed by atoms with Gasteiger partial charge in [-0.25, -0.2) is 0 Å². The lowest BCUT2D eigenvalue weighted by Gasteiger charge is -2.15. The van der Waals surface area contributed by atoms with E-state index in [1.807, 2.05) is 31.2 Å². The number of amides is 1. The quantitative estimate of drug-likeness (QED) is 0.725. The molecule has 4 nitrogen and oxygen atoms in total. The van der Waals surface area contributed by atoms with Crippen molar-refractivity contribution in [1.82, 2.24) is 5.32 Å². The molecule has 0 aromatic heterocycles. The van der Waals surface area contributed by atoms with Gasteiger partial charge >= 0.3 is 0 Å². The van der Waals surface area contributed by atoms with E-state index in [-0.39, 0.29) is 11.8 Å². The molecular formula is C14H20N2O2. The average Bonchev–Trinajstić information content (AvgIpc) is 2.41. The fourth-order valence-corrected chi connectivity index (χ4v) is 1.90. The lowest BCUT2D eigenvalue weighted by molar-refractivity contribution is -0.122. The maximum atomic E-state index is 11.8. The minimum atomic E-state index is -0.254. The molecule has 1 rings (SSSR count). The molecule has 98 valence electrons. The molecule has 0 bridgehead atoms. The van der Waals surface area contributed by atoms with Crippen molar-refractivity contribution >= 4 is 17.9 Å². The van der Waals surface area contributed by atoms with Gasteiger partial charge in [0.05, 0.1) is 5.92 Å². The summed E-state index contributed by atoms with van der Waals surface area (Å²) < 4.78 is 0. The van der Waals surface area contributed by atoms with Gasteiger partial charge in [0.1, 0.15) is 6.29 Å². The van der Waals surface area contributed by atoms with Crippen LogP contribution >= 0.6 is 0 Å². The second-order valence-corrected chi connectivity index (χ2v) is 4.06. The van der Waals surface area contributed by atoms with Crippen molar-refractivity contribution in [1.29, 1.82) is 0 Å². The number of likely N-dealkylation sites (N-methyl/N-ethyl adjacent to an activating group) is 1. The van der Waals surface area contributed by atoms with Crippen LogP contribution in [-0.4, -0.2) is 25.8 Å². The van der Waals surface area contributed by atoms with Crippen molar-refractivity contribution in [3.8, 4) is 0 Å². The molecule has 0 radical (unpaired) electrons. The van der Waals surface area contributed by atoms with E-state index >= 15 is 0 Å². The van der Waals surface area contributed by atoms with Crippen molar-refractivity contribution in [2.75, 3.05) is 18.9 Å².